The zero-order valence-electron chi connectivity index (χ0n) is 10.7. The lowest BCUT2D eigenvalue weighted by Gasteiger charge is -2.16. The van der Waals surface area contributed by atoms with Gasteiger partial charge in [0.05, 0.1) is 0 Å². The largest absolute Gasteiger partial charge is 0.481 e. The van der Waals surface area contributed by atoms with Crippen molar-refractivity contribution >= 4 is 38.4 Å². The van der Waals surface area contributed by atoms with Crippen LogP contribution in [-0.2, 0) is 4.79 Å². The van der Waals surface area contributed by atoms with Crippen molar-refractivity contribution in [2.24, 2.45) is 0 Å². The highest BCUT2D eigenvalue weighted by atomic mass is 79.9. The molecular formula is C15H16BrNO2. The minimum absolute atomic E-state index is 0.126. The van der Waals surface area contributed by atoms with E-state index in [4.69, 9.17) is 5.11 Å². The predicted molar refractivity (Wildman–Crippen MR) is 81.6 cm³/mol. The van der Waals surface area contributed by atoms with Crippen molar-refractivity contribution in [3.8, 4) is 0 Å². The number of benzene rings is 2. The summed E-state index contributed by atoms with van der Waals surface area (Å²) in [5.41, 5.74) is 1.04. The van der Waals surface area contributed by atoms with Gasteiger partial charge in [0.15, 0.2) is 0 Å². The maximum atomic E-state index is 10.6. The van der Waals surface area contributed by atoms with Crippen LogP contribution in [0.4, 0.5) is 5.69 Å². The van der Waals surface area contributed by atoms with E-state index in [1.165, 1.54) is 0 Å². The van der Waals surface area contributed by atoms with E-state index >= 15 is 0 Å². The second-order valence-electron chi connectivity index (χ2n) is 4.62. The van der Waals surface area contributed by atoms with Crippen LogP contribution in [-0.4, -0.2) is 17.1 Å². The Balaban J connectivity index is 2.21. The van der Waals surface area contributed by atoms with E-state index in [1.807, 2.05) is 31.2 Å². The van der Waals surface area contributed by atoms with Gasteiger partial charge in [-0.3, -0.25) is 4.79 Å². The molecule has 2 aromatic carbocycles. The summed E-state index contributed by atoms with van der Waals surface area (Å²) < 4.78 is 1.06. The van der Waals surface area contributed by atoms with Gasteiger partial charge in [-0.15, -0.1) is 0 Å². The summed E-state index contributed by atoms with van der Waals surface area (Å²) in [6, 6.07) is 12.3. The van der Waals surface area contributed by atoms with E-state index in [0.29, 0.717) is 6.42 Å². The van der Waals surface area contributed by atoms with Crippen LogP contribution in [0.2, 0.25) is 0 Å². The molecule has 0 saturated carbocycles. The van der Waals surface area contributed by atoms with E-state index in [0.717, 1.165) is 20.9 Å². The highest BCUT2D eigenvalue weighted by Gasteiger charge is 2.08. The number of hydrogen-bond acceptors (Lipinski definition) is 2. The van der Waals surface area contributed by atoms with Crippen LogP contribution in [0.25, 0.3) is 10.8 Å². The maximum Gasteiger partial charge on any atom is 0.303 e. The third kappa shape index (κ3) is 3.47. The monoisotopic (exact) mass is 321 g/mol. The van der Waals surface area contributed by atoms with Gasteiger partial charge in [-0.2, -0.15) is 0 Å². The Kier molecular flexibility index (Phi) is 4.43. The first kappa shape index (κ1) is 13.9. The minimum Gasteiger partial charge on any atom is -0.481 e. The normalized spacial score (nSPS) is 12.3. The van der Waals surface area contributed by atoms with Crippen molar-refractivity contribution in [1.29, 1.82) is 0 Å². The first-order valence-electron chi connectivity index (χ1n) is 6.23. The number of aliphatic carboxylic acids is 1. The molecule has 0 bridgehead atoms. The molecule has 0 aliphatic rings. The lowest BCUT2D eigenvalue weighted by Crippen LogP contribution is -2.16. The molecule has 4 heteroatoms. The van der Waals surface area contributed by atoms with Crippen molar-refractivity contribution in [2.75, 3.05) is 5.32 Å². The van der Waals surface area contributed by atoms with Crippen LogP contribution in [0.15, 0.2) is 40.9 Å². The van der Waals surface area contributed by atoms with Crippen LogP contribution in [0.3, 0.4) is 0 Å². The lowest BCUT2D eigenvalue weighted by atomic mass is 10.1. The van der Waals surface area contributed by atoms with Gasteiger partial charge in [-0.25, -0.2) is 0 Å². The Bertz CT molecular complexity index is 598. The molecular weight excluding hydrogens is 306 g/mol. The average molecular weight is 322 g/mol. The van der Waals surface area contributed by atoms with Crippen LogP contribution >= 0.6 is 15.9 Å². The second kappa shape index (κ2) is 6.06. The number of fused-ring (bicyclic) bond motifs is 1. The fraction of sp³-hybridized carbons (Fsp3) is 0.267. The van der Waals surface area contributed by atoms with Crippen LogP contribution in [0.1, 0.15) is 19.8 Å². The average Bonchev–Trinajstić information content (AvgIpc) is 2.40. The molecule has 2 N–H and O–H groups in total. The Morgan fingerprint density at radius 1 is 1.26 bits per heavy atom. The zero-order valence-corrected chi connectivity index (χ0v) is 12.3. The van der Waals surface area contributed by atoms with Gasteiger partial charge < -0.3 is 10.4 Å². The highest BCUT2D eigenvalue weighted by molar-refractivity contribution is 9.10. The molecule has 0 aliphatic heterocycles. The van der Waals surface area contributed by atoms with E-state index in [1.54, 1.807) is 0 Å². The Morgan fingerprint density at radius 2 is 1.95 bits per heavy atom. The molecule has 3 nitrogen and oxygen atoms in total. The number of hydrogen-bond donors (Lipinski definition) is 2. The fourth-order valence-electron chi connectivity index (χ4n) is 2.07. The molecule has 2 rings (SSSR count). The number of rotatable bonds is 5. The van der Waals surface area contributed by atoms with Crippen molar-refractivity contribution in [2.45, 2.75) is 25.8 Å². The SMILES string of the molecule is CC(CCC(=O)O)Nc1ccc(Br)c2ccccc12. The van der Waals surface area contributed by atoms with Crippen molar-refractivity contribution in [3.05, 3.63) is 40.9 Å². The molecule has 0 saturated heterocycles. The molecule has 0 heterocycles. The number of carboxylic acids is 1. The van der Waals surface area contributed by atoms with Gasteiger partial charge in [0, 0.05) is 28.0 Å². The summed E-state index contributed by atoms with van der Waals surface area (Å²) >= 11 is 3.54. The summed E-state index contributed by atoms with van der Waals surface area (Å²) in [7, 11) is 0. The van der Waals surface area contributed by atoms with Gasteiger partial charge in [0.1, 0.15) is 0 Å². The number of anilines is 1. The molecule has 0 aromatic heterocycles. The first-order chi connectivity index (χ1) is 9.08. The summed E-state index contributed by atoms with van der Waals surface area (Å²) in [5.74, 6) is -0.755. The van der Waals surface area contributed by atoms with Crippen molar-refractivity contribution < 1.29 is 9.90 Å². The summed E-state index contributed by atoms with van der Waals surface area (Å²) in [4.78, 5) is 10.6. The summed E-state index contributed by atoms with van der Waals surface area (Å²) in [6.45, 7) is 2.00. The number of carbonyl (C=O) groups is 1. The van der Waals surface area contributed by atoms with Crippen molar-refractivity contribution in [3.63, 3.8) is 0 Å². The standard InChI is InChI=1S/C15H16BrNO2/c1-10(6-9-15(18)19)17-14-8-7-13(16)11-4-2-3-5-12(11)14/h2-5,7-8,10,17H,6,9H2,1H3,(H,18,19). The Morgan fingerprint density at radius 3 is 2.63 bits per heavy atom. The van der Waals surface area contributed by atoms with E-state index < -0.39 is 5.97 Å². The maximum absolute atomic E-state index is 10.6. The number of halogens is 1. The topological polar surface area (TPSA) is 49.3 Å². The fourth-order valence-corrected chi connectivity index (χ4v) is 2.54. The third-order valence-corrected chi connectivity index (χ3v) is 3.76. The second-order valence-corrected chi connectivity index (χ2v) is 5.47. The van der Waals surface area contributed by atoms with Crippen LogP contribution < -0.4 is 5.32 Å². The molecule has 0 fully saturated rings. The quantitative estimate of drug-likeness (QED) is 0.864. The predicted octanol–water partition coefficient (Wildman–Crippen LogP) is 4.27. The van der Waals surface area contributed by atoms with Gasteiger partial charge in [0.25, 0.3) is 0 Å². The van der Waals surface area contributed by atoms with E-state index in [2.05, 4.69) is 33.4 Å². The van der Waals surface area contributed by atoms with E-state index in [9.17, 15) is 4.79 Å². The molecule has 0 amide bonds. The highest BCUT2D eigenvalue weighted by Crippen LogP contribution is 2.30. The number of carboxylic acid groups (broad SMARTS) is 1. The van der Waals surface area contributed by atoms with Crippen molar-refractivity contribution in [1.82, 2.24) is 0 Å². The molecule has 0 spiro atoms. The molecule has 1 unspecified atom stereocenters. The zero-order chi connectivity index (χ0) is 13.8. The number of nitrogens with one attached hydrogen (secondary N) is 1. The Hall–Kier alpha value is -1.55. The lowest BCUT2D eigenvalue weighted by molar-refractivity contribution is -0.137. The molecule has 0 aliphatic carbocycles. The smallest absolute Gasteiger partial charge is 0.303 e. The third-order valence-electron chi connectivity index (χ3n) is 3.06. The van der Waals surface area contributed by atoms with Gasteiger partial charge >= 0.3 is 5.97 Å². The first-order valence-corrected chi connectivity index (χ1v) is 7.03. The van der Waals surface area contributed by atoms with Crippen LogP contribution in [0, 0.1) is 0 Å². The van der Waals surface area contributed by atoms with Gasteiger partial charge in [-0.1, -0.05) is 40.2 Å². The summed E-state index contributed by atoms with van der Waals surface area (Å²) in [5, 5.41) is 14.4. The minimum atomic E-state index is -0.755. The van der Waals surface area contributed by atoms with Crippen LogP contribution in [0.5, 0.6) is 0 Å². The summed E-state index contributed by atoms with van der Waals surface area (Å²) in [6.07, 6.45) is 0.794. The molecule has 19 heavy (non-hydrogen) atoms. The Labute approximate surface area is 120 Å². The molecule has 1 atom stereocenters. The van der Waals surface area contributed by atoms with E-state index in [-0.39, 0.29) is 12.5 Å². The van der Waals surface area contributed by atoms with Gasteiger partial charge in [0.2, 0.25) is 0 Å². The molecule has 0 radical (unpaired) electrons. The van der Waals surface area contributed by atoms with Gasteiger partial charge in [-0.05, 0) is 30.9 Å². The molecule has 100 valence electrons. The molecule has 2 aromatic rings.